The Morgan fingerprint density at radius 2 is 1.95 bits per heavy atom. The van der Waals surface area contributed by atoms with Gasteiger partial charge in [0.15, 0.2) is 0 Å². The number of amides is 1. The van der Waals surface area contributed by atoms with E-state index in [9.17, 15) is 4.79 Å². The largest absolute Gasteiger partial charge is 0.341 e. The van der Waals surface area contributed by atoms with Gasteiger partial charge in [0.1, 0.15) is 0 Å². The molecule has 1 saturated heterocycles. The third-order valence-electron chi connectivity index (χ3n) is 3.69. The van der Waals surface area contributed by atoms with Gasteiger partial charge in [-0.15, -0.1) is 11.3 Å². The standard InChI is InChI=1S/C14H20Cl2N2OS/c1-9(11-8-12(15)20-13(11)16)17-10(2)14(19)18-6-4-3-5-7-18/h8-10,17H,3-7H2,1-2H3. The Morgan fingerprint density at radius 3 is 2.50 bits per heavy atom. The van der Waals surface area contributed by atoms with Crippen LogP contribution in [0, 0.1) is 0 Å². The fourth-order valence-electron chi connectivity index (χ4n) is 2.57. The highest BCUT2D eigenvalue weighted by Gasteiger charge is 2.24. The molecule has 2 rings (SSSR count). The number of rotatable bonds is 4. The molecule has 1 aromatic rings. The number of thiophene rings is 1. The van der Waals surface area contributed by atoms with Crippen molar-refractivity contribution in [1.82, 2.24) is 10.2 Å². The number of halogens is 2. The maximum Gasteiger partial charge on any atom is 0.239 e. The van der Waals surface area contributed by atoms with E-state index in [0.29, 0.717) is 8.67 Å². The number of piperidine rings is 1. The highest BCUT2D eigenvalue weighted by molar-refractivity contribution is 7.20. The van der Waals surface area contributed by atoms with Gasteiger partial charge in [0.05, 0.1) is 14.7 Å². The Hall–Kier alpha value is -0.290. The molecule has 112 valence electrons. The van der Waals surface area contributed by atoms with E-state index in [0.717, 1.165) is 31.5 Å². The minimum atomic E-state index is -0.210. The van der Waals surface area contributed by atoms with Crippen molar-refractivity contribution in [3.8, 4) is 0 Å². The first-order valence-electron chi connectivity index (χ1n) is 6.98. The van der Waals surface area contributed by atoms with Crippen molar-refractivity contribution >= 4 is 40.4 Å². The summed E-state index contributed by atoms with van der Waals surface area (Å²) in [5.74, 6) is 0.175. The van der Waals surface area contributed by atoms with Crippen LogP contribution in [0.2, 0.25) is 8.67 Å². The van der Waals surface area contributed by atoms with Gasteiger partial charge in [-0.3, -0.25) is 10.1 Å². The average Bonchev–Trinajstić information content (AvgIpc) is 2.78. The lowest BCUT2D eigenvalue weighted by Gasteiger charge is -2.30. The highest BCUT2D eigenvalue weighted by atomic mass is 35.5. The lowest BCUT2D eigenvalue weighted by molar-refractivity contribution is -0.134. The molecule has 1 aliphatic heterocycles. The molecule has 6 heteroatoms. The Kier molecular flexibility index (Phi) is 5.73. The van der Waals surface area contributed by atoms with Crippen molar-refractivity contribution in [1.29, 1.82) is 0 Å². The van der Waals surface area contributed by atoms with Crippen LogP contribution in [-0.2, 0) is 4.79 Å². The number of hydrogen-bond donors (Lipinski definition) is 1. The third-order valence-corrected chi connectivity index (χ3v) is 5.21. The van der Waals surface area contributed by atoms with Crippen LogP contribution < -0.4 is 5.32 Å². The molecule has 0 saturated carbocycles. The molecule has 2 unspecified atom stereocenters. The van der Waals surface area contributed by atoms with E-state index in [1.165, 1.54) is 17.8 Å². The van der Waals surface area contributed by atoms with Crippen molar-refractivity contribution < 1.29 is 4.79 Å². The first-order chi connectivity index (χ1) is 9.49. The van der Waals surface area contributed by atoms with E-state index in [-0.39, 0.29) is 18.0 Å². The predicted molar refractivity (Wildman–Crippen MR) is 85.8 cm³/mol. The Morgan fingerprint density at radius 1 is 1.30 bits per heavy atom. The molecule has 1 amide bonds. The molecule has 0 bridgehead atoms. The molecule has 1 N–H and O–H groups in total. The van der Waals surface area contributed by atoms with Crippen molar-refractivity contribution in [2.45, 2.75) is 45.2 Å². The van der Waals surface area contributed by atoms with E-state index >= 15 is 0 Å². The summed E-state index contributed by atoms with van der Waals surface area (Å²) in [4.78, 5) is 14.3. The molecule has 1 aromatic heterocycles. The lowest BCUT2D eigenvalue weighted by Crippen LogP contribution is -2.47. The van der Waals surface area contributed by atoms with Crippen LogP contribution >= 0.6 is 34.5 Å². The van der Waals surface area contributed by atoms with Gasteiger partial charge in [-0.1, -0.05) is 23.2 Å². The van der Waals surface area contributed by atoms with Crippen LogP contribution in [0.25, 0.3) is 0 Å². The van der Waals surface area contributed by atoms with Crippen LogP contribution in [0.4, 0.5) is 0 Å². The Labute approximate surface area is 134 Å². The molecule has 2 heterocycles. The summed E-state index contributed by atoms with van der Waals surface area (Å²) in [6, 6.07) is 1.66. The maximum absolute atomic E-state index is 12.4. The van der Waals surface area contributed by atoms with E-state index in [4.69, 9.17) is 23.2 Å². The zero-order chi connectivity index (χ0) is 14.7. The highest BCUT2D eigenvalue weighted by Crippen LogP contribution is 2.35. The van der Waals surface area contributed by atoms with Gasteiger partial charge in [0, 0.05) is 19.1 Å². The van der Waals surface area contributed by atoms with E-state index in [2.05, 4.69) is 5.32 Å². The van der Waals surface area contributed by atoms with Crippen LogP contribution in [0.5, 0.6) is 0 Å². The summed E-state index contributed by atoms with van der Waals surface area (Å²) >= 11 is 13.5. The first kappa shape index (κ1) is 16.1. The molecule has 0 spiro atoms. The molecular weight excluding hydrogens is 315 g/mol. The van der Waals surface area contributed by atoms with Crippen molar-refractivity contribution in [2.75, 3.05) is 13.1 Å². The van der Waals surface area contributed by atoms with Crippen molar-refractivity contribution in [3.05, 3.63) is 20.3 Å². The fourth-order valence-corrected chi connectivity index (χ4v) is 4.22. The van der Waals surface area contributed by atoms with Crippen molar-refractivity contribution in [2.24, 2.45) is 0 Å². The number of hydrogen-bond acceptors (Lipinski definition) is 3. The minimum absolute atomic E-state index is 0.00925. The monoisotopic (exact) mass is 334 g/mol. The summed E-state index contributed by atoms with van der Waals surface area (Å²) in [7, 11) is 0. The van der Waals surface area contributed by atoms with E-state index in [1.807, 2.05) is 24.8 Å². The average molecular weight is 335 g/mol. The number of likely N-dealkylation sites (tertiary alicyclic amines) is 1. The molecule has 3 nitrogen and oxygen atoms in total. The molecule has 0 radical (unpaired) electrons. The molecule has 0 aromatic carbocycles. The molecule has 20 heavy (non-hydrogen) atoms. The summed E-state index contributed by atoms with van der Waals surface area (Å²) in [6.45, 7) is 5.67. The number of carbonyl (C=O) groups is 1. The molecule has 2 atom stereocenters. The molecule has 0 aliphatic carbocycles. The lowest BCUT2D eigenvalue weighted by atomic mass is 10.1. The molecular formula is C14H20Cl2N2OS. The van der Waals surface area contributed by atoms with Gasteiger partial charge >= 0.3 is 0 Å². The van der Waals surface area contributed by atoms with Gasteiger partial charge in [-0.25, -0.2) is 0 Å². The summed E-state index contributed by atoms with van der Waals surface area (Å²) in [5.41, 5.74) is 0.958. The second kappa shape index (κ2) is 7.12. The first-order valence-corrected chi connectivity index (χ1v) is 8.56. The van der Waals surface area contributed by atoms with Crippen LogP contribution in [0.1, 0.15) is 44.7 Å². The third kappa shape index (κ3) is 3.88. The number of carbonyl (C=O) groups excluding carboxylic acids is 1. The maximum atomic E-state index is 12.4. The normalized spacial score (nSPS) is 18.9. The van der Waals surface area contributed by atoms with Gasteiger partial charge < -0.3 is 4.90 Å². The topological polar surface area (TPSA) is 32.3 Å². The van der Waals surface area contributed by atoms with Gasteiger partial charge in [-0.2, -0.15) is 0 Å². The fraction of sp³-hybridized carbons (Fsp3) is 0.643. The predicted octanol–water partition coefficient (Wildman–Crippen LogP) is 4.11. The second-order valence-electron chi connectivity index (χ2n) is 5.28. The second-order valence-corrected chi connectivity index (χ2v) is 7.56. The van der Waals surface area contributed by atoms with Crippen LogP contribution in [-0.4, -0.2) is 29.9 Å². The summed E-state index contributed by atoms with van der Waals surface area (Å²) in [5, 5.41) is 3.32. The zero-order valence-corrected chi connectivity index (χ0v) is 14.1. The number of nitrogens with zero attached hydrogens (tertiary/aromatic N) is 1. The van der Waals surface area contributed by atoms with Crippen LogP contribution in [0.15, 0.2) is 6.07 Å². The minimum Gasteiger partial charge on any atom is -0.341 e. The Bertz CT molecular complexity index is 472. The number of nitrogens with one attached hydrogen (secondary N) is 1. The molecule has 1 aliphatic rings. The van der Waals surface area contributed by atoms with Gasteiger partial charge in [0.2, 0.25) is 5.91 Å². The Balaban J connectivity index is 1.94. The van der Waals surface area contributed by atoms with Crippen molar-refractivity contribution in [3.63, 3.8) is 0 Å². The summed E-state index contributed by atoms with van der Waals surface area (Å²) < 4.78 is 1.36. The van der Waals surface area contributed by atoms with Gasteiger partial charge in [-0.05, 0) is 44.7 Å². The van der Waals surface area contributed by atoms with E-state index in [1.54, 1.807) is 0 Å². The SMILES string of the molecule is CC(NC(C)c1cc(Cl)sc1Cl)C(=O)N1CCCCC1. The smallest absolute Gasteiger partial charge is 0.239 e. The van der Waals surface area contributed by atoms with E-state index < -0.39 is 0 Å². The summed E-state index contributed by atoms with van der Waals surface area (Å²) in [6.07, 6.45) is 3.45. The van der Waals surface area contributed by atoms with Crippen LogP contribution in [0.3, 0.4) is 0 Å². The quantitative estimate of drug-likeness (QED) is 0.898. The zero-order valence-electron chi connectivity index (χ0n) is 11.8. The van der Waals surface area contributed by atoms with Gasteiger partial charge in [0.25, 0.3) is 0 Å². The molecule has 1 fully saturated rings.